The highest BCUT2D eigenvalue weighted by atomic mass is 35.5. The molecule has 3 aromatic rings. The van der Waals surface area contributed by atoms with Gasteiger partial charge in [-0.1, -0.05) is 48.2 Å². The molecule has 5 rings (SSSR count). The summed E-state index contributed by atoms with van der Waals surface area (Å²) in [4.78, 5) is 20.9. The number of hydrogen-bond donors (Lipinski definition) is 1. The molecule has 32 heavy (non-hydrogen) atoms. The maximum atomic E-state index is 13.0. The van der Waals surface area contributed by atoms with Crippen LogP contribution in [-0.4, -0.2) is 45.9 Å². The molecule has 0 bridgehead atoms. The second-order valence-electron chi connectivity index (χ2n) is 8.43. The molecule has 2 aliphatic heterocycles. The van der Waals surface area contributed by atoms with E-state index in [9.17, 15) is 4.79 Å². The van der Waals surface area contributed by atoms with Crippen LogP contribution in [0.1, 0.15) is 36.2 Å². The van der Waals surface area contributed by atoms with E-state index in [4.69, 9.17) is 0 Å². The van der Waals surface area contributed by atoms with E-state index >= 15 is 0 Å². The minimum Gasteiger partial charge on any atom is -0.349 e. The van der Waals surface area contributed by atoms with Gasteiger partial charge in [0.2, 0.25) is 0 Å². The third-order valence-corrected chi connectivity index (χ3v) is 7.29. The van der Waals surface area contributed by atoms with Crippen molar-refractivity contribution < 1.29 is 4.79 Å². The van der Waals surface area contributed by atoms with Gasteiger partial charge in [-0.3, -0.25) is 9.20 Å². The summed E-state index contributed by atoms with van der Waals surface area (Å²) in [5, 5.41) is 4.33. The van der Waals surface area contributed by atoms with Gasteiger partial charge in [0.15, 0.2) is 0 Å². The van der Waals surface area contributed by atoms with Gasteiger partial charge in [-0.2, -0.15) is 0 Å². The van der Waals surface area contributed by atoms with Crippen LogP contribution in [-0.2, 0) is 11.2 Å². The lowest BCUT2D eigenvalue weighted by Crippen LogP contribution is -2.45. The average molecular weight is 469 g/mol. The molecule has 0 atom stereocenters. The van der Waals surface area contributed by atoms with Gasteiger partial charge in [0.25, 0.3) is 5.91 Å². The summed E-state index contributed by atoms with van der Waals surface area (Å²) in [6.45, 7) is 5.24. The number of halogens is 1. The number of rotatable bonds is 6. The van der Waals surface area contributed by atoms with E-state index in [-0.39, 0.29) is 24.4 Å². The lowest BCUT2D eigenvalue weighted by molar-refractivity contribution is -0.117. The highest BCUT2D eigenvalue weighted by molar-refractivity contribution is 8.04. The normalized spacial score (nSPS) is 16.5. The zero-order valence-corrected chi connectivity index (χ0v) is 19.9. The summed E-state index contributed by atoms with van der Waals surface area (Å²) in [6.07, 6.45) is 6.33. The number of nitrogens with one attached hydrogen (secondary N) is 1. The third-order valence-electron chi connectivity index (χ3n) is 6.24. The molecule has 1 saturated heterocycles. The Morgan fingerprint density at radius 3 is 2.69 bits per heavy atom. The fraction of sp³-hybridized carbons (Fsp3) is 0.360. The molecular formula is C25H29ClN4OS. The molecule has 168 valence electrons. The zero-order chi connectivity index (χ0) is 21.2. The van der Waals surface area contributed by atoms with E-state index in [1.54, 1.807) is 0 Å². The Kier molecular flexibility index (Phi) is 7.23. The van der Waals surface area contributed by atoms with Gasteiger partial charge < -0.3 is 10.2 Å². The SMILES string of the molecule is Cc1nc2cccc3n2c1C=C(C(=O)NC1CCN(CCCc2ccccc2)CC1)S3.Cl. The summed E-state index contributed by atoms with van der Waals surface area (Å²) in [5.74, 6) is 0.0383. The van der Waals surface area contributed by atoms with Gasteiger partial charge in [-0.05, 0) is 62.9 Å². The first-order valence-electron chi connectivity index (χ1n) is 11.1. The third kappa shape index (κ3) is 4.87. The average Bonchev–Trinajstić information content (AvgIpc) is 3.12. The molecule has 2 aromatic heterocycles. The van der Waals surface area contributed by atoms with Gasteiger partial charge in [0.1, 0.15) is 5.65 Å². The molecular weight excluding hydrogens is 440 g/mol. The molecule has 2 aliphatic rings. The van der Waals surface area contributed by atoms with Crippen LogP contribution in [0.5, 0.6) is 0 Å². The predicted molar refractivity (Wildman–Crippen MR) is 133 cm³/mol. The molecule has 0 radical (unpaired) electrons. The van der Waals surface area contributed by atoms with Crippen molar-refractivity contribution in [2.75, 3.05) is 19.6 Å². The fourth-order valence-electron chi connectivity index (χ4n) is 4.53. The predicted octanol–water partition coefficient (Wildman–Crippen LogP) is 4.72. The summed E-state index contributed by atoms with van der Waals surface area (Å²) < 4.78 is 2.13. The Morgan fingerprint density at radius 2 is 1.91 bits per heavy atom. The van der Waals surface area contributed by atoms with Crippen molar-refractivity contribution in [3.8, 4) is 0 Å². The minimum atomic E-state index is 0. The largest absolute Gasteiger partial charge is 0.349 e. The number of pyridine rings is 1. The molecule has 1 fully saturated rings. The van der Waals surface area contributed by atoms with Crippen LogP contribution in [0.3, 0.4) is 0 Å². The second kappa shape index (κ2) is 10.1. The number of hydrogen-bond acceptors (Lipinski definition) is 4. The van der Waals surface area contributed by atoms with Crippen LogP contribution in [0, 0.1) is 6.92 Å². The van der Waals surface area contributed by atoms with Crippen molar-refractivity contribution in [1.29, 1.82) is 0 Å². The Hall–Kier alpha value is -2.28. The topological polar surface area (TPSA) is 49.6 Å². The second-order valence-corrected chi connectivity index (χ2v) is 9.49. The zero-order valence-electron chi connectivity index (χ0n) is 18.3. The van der Waals surface area contributed by atoms with Crippen LogP contribution in [0.25, 0.3) is 11.7 Å². The summed E-state index contributed by atoms with van der Waals surface area (Å²) in [5.41, 5.74) is 4.33. The van der Waals surface area contributed by atoms with Crippen molar-refractivity contribution >= 4 is 41.8 Å². The van der Waals surface area contributed by atoms with Crippen molar-refractivity contribution in [3.05, 3.63) is 70.4 Å². The van der Waals surface area contributed by atoms with Crippen molar-refractivity contribution in [2.24, 2.45) is 0 Å². The Bertz CT molecular complexity index is 1120. The number of nitrogens with zero attached hydrogens (tertiary/aromatic N) is 3. The molecule has 5 nitrogen and oxygen atoms in total. The van der Waals surface area contributed by atoms with E-state index in [1.807, 2.05) is 25.1 Å². The van der Waals surface area contributed by atoms with Gasteiger partial charge in [0.05, 0.1) is 21.3 Å². The highest BCUT2D eigenvalue weighted by Crippen LogP contribution is 2.35. The first-order valence-corrected chi connectivity index (χ1v) is 11.9. The summed E-state index contributed by atoms with van der Waals surface area (Å²) in [7, 11) is 0. The van der Waals surface area contributed by atoms with E-state index in [1.165, 1.54) is 23.7 Å². The molecule has 0 unspecified atom stereocenters. The number of benzene rings is 1. The summed E-state index contributed by atoms with van der Waals surface area (Å²) >= 11 is 1.53. The Balaban J connectivity index is 0.00000245. The van der Waals surface area contributed by atoms with Crippen LogP contribution >= 0.6 is 24.2 Å². The van der Waals surface area contributed by atoms with Crippen LogP contribution in [0.15, 0.2) is 58.5 Å². The molecule has 7 heteroatoms. The van der Waals surface area contributed by atoms with Gasteiger partial charge >= 0.3 is 0 Å². The van der Waals surface area contributed by atoms with E-state index in [0.717, 1.165) is 65.9 Å². The quantitative estimate of drug-likeness (QED) is 0.568. The molecule has 4 heterocycles. The standard InChI is InChI=1S/C25H28N4OS.ClH/c1-18-21-17-22(31-24-11-5-10-23(26-18)29(21)24)25(30)27-20-12-15-28(16-13-20)14-6-9-19-7-3-2-4-8-19;/h2-5,7-8,10-11,17,20H,6,9,12-16H2,1H3,(H,27,30);1H. The number of imidazole rings is 1. The number of carbonyl (C=O) groups excluding carboxylic acids is 1. The molecule has 1 aromatic carbocycles. The van der Waals surface area contributed by atoms with E-state index in [0.29, 0.717) is 0 Å². The number of aromatic nitrogens is 2. The number of amides is 1. The van der Waals surface area contributed by atoms with E-state index in [2.05, 4.69) is 56.0 Å². The smallest absolute Gasteiger partial charge is 0.258 e. The first kappa shape index (κ1) is 22.9. The van der Waals surface area contributed by atoms with Gasteiger partial charge in [-0.15, -0.1) is 12.4 Å². The van der Waals surface area contributed by atoms with Gasteiger partial charge in [-0.25, -0.2) is 4.98 Å². The molecule has 0 aliphatic carbocycles. The number of piperidine rings is 1. The van der Waals surface area contributed by atoms with Gasteiger partial charge in [0, 0.05) is 19.1 Å². The maximum Gasteiger partial charge on any atom is 0.258 e. The van der Waals surface area contributed by atoms with Crippen molar-refractivity contribution in [2.45, 2.75) is 43.7 Å². The molecule has 1 amide bonds. The lowest BCUT2D eigenvalue weighted by atomic mass is 10.0. The number of aryl methyl sites for hydroxylation is 2. The highest BCUT2D eigenvalue weighted by Gasteiger charge is 2.25. The minimum absolute atomic E-state index is 0. The summed E-state index contributed by atoms with van der Waals surface area (Å²) in [6, 6.07) is 17.0. The van der Waals surface area contributed by atoms with E-state index < -0.39 is 0 Å². The van der Waals surface area contributed by atoms with Crippen molar-refractivity contribution in [1.82, 2.24) is 19.6 Å². The molecule has 0 saturated carbocycles. The van der Waals surface area contributed by atoms with Crippen molar-refractivity contribution in [3.63, 3.8) is 0 Å². The van der Waals surface area contributed by atoms with Crippen LogP contribution in [0.4, 0.5) is 0 Å². The van der Waals surface area contributed by atoms with Crippen LogP contribution in [0.2, 0.25) is 0 Å². The number of likely N-dealkylation sites (tertiary alicyclic amines) is 1. The Labute approximate surface area is 199 Å². The molecule has 0 spiro atoms. The molecule has 1 N–H and O–H groups in total. The lowest BCUT2D eigenvalue weighted by Gasteiger charge is -2.32. The fourth-order valence-corrected chi connectivity index (χ4v) is 5.51. The monoisotopic (exact) mass is 468 g/mol. The first-order chi connectivity index (χ1) is 15.2. The van der Waals surface area contributed by atoms with Crippen LogP contribution < -0.4 is 5.32 Å². The number of carbonyl (C=O) groups is 1. The Morgan fingerprint density at radius 1 is 1.12 bits per heavy atom. The number of thioether (sulfide) groups is 1. The maximum absolute atomic E-state index is 13.0.